The third-order valence-corrected chi connectivity index (χ3v) is 2.41. The molecule has 0 spiro atoms. The second-order valence-corrected chi connectivity index (χ2v) is 3.59. The average Bonchev–Trinajstić information content (AvgIpc) is 2.27. The Hall–Kier alpha value is -0.910. The van der Waals surface area contributed by atoms with Crippen LogP contribution in [0.25, 0.3) is 0 Å². The molecule has 1 aromatic rings. The molecule has 15 heavy (non-hydrogen) atoms. The number of carbonyl (C=O) groups is 1. The van der Waals surface area contributed by atoms with Crippen LogP contribution in [0.3, 0.4) is 0 Å². The molecule has 2 N–H and O–H groups in total. The van der Waals surface area contributed by atoms with Crippen LogP contribution in [-0.2, 0) is 0 Å². The number of rotatable bonds is 4. The van der Waals surface area contributed by atoms with Gasteiger partial charge in [0.25, 0.3) is 0 Å². The van der Waals surface area contributed by atoms with E-state index in [1.54, 1.807) is 6.07 Å². The summed E-state index contributed by atoms with van der Waals surface area (Å²) in [7, 11) is 0. The highest BCUT2D eigenvalue weighted by atomic mass is 32.1. The van der Waals surface area contributed by atoms with Crippen molar-refractivity contribution in [3.05, 3.63) is 29.6 Å². The molecule has 0 aliphatic carbocycles. The second kappa shape index (κ2) is 5.25. The summed E-state index contributed by atoms with van der Waals surface area (Å²) in [5, 5.41) is 18.9. The average molecular weight is 227 g/mol. The maximum Gasteiger partial charge on any atom is 0.178 e. The summed E-state index contributed by atoms with van der Waals surface area (Å²) in [4.78, 5) is 14.8. The van der Waals surface area contributed by atoms with E-state index in [-0.39, 0.29) is 11.5 Å². The van der Waals surface area contributed by atoms with Crippen molar-refractivity contribution in [3.8, 4) is 0 Å². The zero-order chi connectivity index (χ0) is 11.4. The zero-order valence-electron chi connectivity index (χ0n) is 8.29. The number of ketones is 1. The van der Waals surface area contributed by atoms with Gasteiger partial charge in [-0.25, -0.2) is 0 Å². The van der Waals surface area contributed by atoms with Crippen molar-refractivity contribution >= 4 is 18.4 Å². The molecule has 2 unspecified atom stereocenters. The van der Waals surface area contributed by atoms with E-state index in [0.717, 1.165) is 0 Å². The van der Waals surface area contributed by atoms with Gasteiger partial charge < -0.3 is 10.2 Å². The first-order chi connectivity index (χ1) is 7.06. The molecule has 0 radical (unpaired) electrons. The van der Waals surface area contributed by atoms with Crippen molar-refractivity contribution in [1.29, 1.82) is 0 Å². The molecule has 1 heterocycles. The zero-order valence-corrected chi connectivity index (χ0v) is 9.19. The molecular weight excluding hydrogens is 214 g/mol. The minimum Gasteiger partial charge on any atom is -0.389 e. The predicted octanol–water partition coefficient (Wildman–Crippen LogP) is 0.608. The van der Waals surface area contributed by atoms with Crippen LogP contribution in [-0.4, -0.2) is 32.8 Å². The highest BCUT2D eigenvalue weighted by molar-refractivity contribution is 7.80. The van der Waals surface area contributed by atoms with Crippen molar-refractivity contribution in [1.82, 2.24) is 4.98 Å². The Labute approximate surface area is 93.4 Å². The number of Topliss-reactive ketones (excluding diaryl/α,β-unsaturated/α-hetero) is 1. The molecular formula is C10H13NO3S. The summed E-state index contributed by atoms with van der Waals surface area (Å²) >= 11 is 3.87. The molecule has 0 bridgehead atoms. The van der Waals surface area contributed by atoms with Gasteiger partial charge in [-0.1, -0.05) is 6.07 Å². The molecule has 0 saturated carbocycles. The fourth-order valence-corrected chi connectivity index (χ4v) is 1.31. The van der Waals surface area contributed by atoms with Crippen molar-refractivity contribution < 1.29 is 15.0 Å². The molecule has 82 valence electrons. The molecule has 1 aromatic heterocycles. The lowest BCUT2D eigenvalue weighted by atomic mass is 10.1. The lowest BCUT2D eigenvalue weighted by molar-refractivity contribution is 0.0335. The molecule has 0 aliphatic rings. The van der Waals surface area contributed by atoms with Crippen LogP contribution >= 0.6 is 12.6 Å². The summed E-state index contributed by atoms with van der Waals surface area (Å²) in [6, 6.07) is 3.09. The fraction of sp³-hybridized carbons (Fsp3) is 0.400. The Morgan fingerprint density at radius 1 is 1.53 bits per heavy atom. The normalized spacial score (nSPS) is 14.7. The SMILES string of the molecule is CC(=O)c1ccc(C(O)C(O)CS)cn1. The van der Waals surface area contributed by atoms with E-state index in [1.165, 1.54) is 19.2 Å². The minimum atomic E-state index is -1.02. The maximum absolute atomic E-state index is 10.9. The van der Waals surface area contributed by atoms with Gasteiger partial charge in [-0.2, -0.15) is 12.6 Å². The largest absolute Gasteiger partial charge is 0.389 e. The van der Waals surface area contributed by atoms with E-state index < -0.39 is 12.2 Å². The summed E-state index contributed by atoms with van der Waals surface area (Å²) in [5.74, 6) is 0.0288. The summed E-state index contributed by atoms with van der Waals surface area (Å²) in [6.45, 7) is 1.42. The van der Waals surface area contributed by atoms with Gasteiger partial charge >= 0.3 is 0 Å². The standard InChI is InChI=1S/C10H13NO3S/c1-6(12)8-3-2-7(4-11-8)10(14)9(13)5-15/h2-4,9-10,13-15H,5H2,1H3. The van der Waals surface area contributed by atoms with E-state index in [0.29, 0.717) is 11.3 Å². The van der Waals surface area contributed by atoms with Crippen LogP contribution in [0, 0.1) is 0 Å². The van der Waals surface area contributed by atoms with Crippen LogP contribution in [0.5, 0.6) is 0 Å². The Kier molecular flexibility index (Phi) is 4.26. The summed E-state index contributed by atoms with van der Waals surface area (Å²) in [5.41, 5.74) is 0.813. The number of aliphatic hydroxyl groups is 2. The van der Waals surface area contributed by atoms with Crippen molar-refractivity contribution in [3.63, 3.8) is 0 Å². The molecule has 0 fully saturated rings. The first-order valence-electron chi connectivity index (χ1n) is 4.50. The van der Waals surface area contributed by atoms with Gasteiger partial charge in [0.2, 0.25) is 0 Å². The van der Waals surface area contributed by atoms with Crippen LogP contribution in [0.15, 0.2) is 18.3 Å². The topological polar surface area (TPSA) is 70.4 Å². The number of hydrogen-bond donors (Lipinski definition) is 3. The van der Waals surface area contributed by atoms with Crippen LogP contribution in [0.2, 0.25) is 0 Å². The van der Waals surface area contributed by atoms with Crippen LogP contribution in [0.4, 0.5) is 0 Å². The van der Waals surface area contributed by atoms with Gasteiger partial charge in [0.05, 0.1) is 6.10 Å². The number of carbonyl (C=O) groups excluding carboxylic acids is 1. The molecule has 5 heteroatoms. The minimum absolute atomic E-state index is 0.134. The van der Waals surface area contributed by atoms with Gasteiger partial charge in [-0.05, 0) is 6.07 Å². The summed E-state index contributed by atoms with van der Waals surface area (Å²) < 4.78 is 0. The van der Waals surface area contributed by atoms with E-state index in [1.807, 2.05) is 0 Å². The van der Waals surface area contributed by atoms with Crippen LogP contribution in [0.1, 0.15) is 29.1 Å². The maximum atomic E-state index is 10.9. The highest BCUT2D eigenvalue weighted by Gasteiger charge is 2.17. The molecule has 2 atom stereocenters. The number of aliphatic hydroxyl groups excluding tert-OH is 2. The van der Waals surface area contributed by atoms with E-state index in [2.05, 4.69) is 17.6 Å². The third kappa shape index (κ3) is 3.02. The Balaban J connectivity index is 2.84. The molecule has 4 nitrogen and oxygen atoms in total. The first kappa shape index (κ1) is 12.2. The monoisotopic (exact) mass is 227 g/mol. The quantitative estimate of drug-likeness (QED) is 0.520. The number of nitrogens with zero attached hydrogens (tertiary/aromatic N) is 1. The molecule has 0 saturated heterocycles. The van der Waals surface area contributed by atoms with Gasteiger partial charge in [-0.15, -0.1) is 0 Å². The number of thiol groups is 1. The van der Waals surface area contributed by atoms with E-state index in [9.17, 15) is 15.0 Å². The smallest absolute Gasteiger partial charge is 0.178 e. The predicted molar refractivity (Wildman–Crippen MR) is 59.1 cm³/mol. The van der Waals surface area contributed by atoms with E-state index in [4.69, 9.17) is 0 Å². The van der Waals surface area contributed by atoms with Crippen LogP contribution < -0.4 is 0 Å². The molecule has 1 rings (SSSR count). The van der Waals surface area contributed by atoms with Gasteiger partial charge in [0, 0.05) is 24.4 Å². The molecule has 0 amide bonds. The van der Waals surface area contributed by atoms with Gasteiger partial charge in [-0.3, -0.25) is 9.78 Å². The number of pyridine rings is 1. The Bertz CT molecular complexity index is 339. The Morgan fingerprint density at radius 2 is 2.20 bits per heavy atom. The molecule has 0 aromatic carbocycles. The summed E-state index contributed by atoms with van der Waals surface area (Å²) in [6.07, 6.45) is -0.567. The number of hydrogen-bond acceptors (Lipinski definition) is 5. The van der Waals surface area contributed by atoms with Crippen molar-refractivity contribution in [2.75, 3.05) is 5.75 Å². The first-order valence-corrected chi connectivity index (χ1v) is 5.13. The van der Waals surface area contributed by atoms with E-state index >= 15 is 0 Å². The lowest BCUT2D eigenvalue weighted by Gasteiger charge is -2.15. The fourth-order valence-electron chi connectivity index (χ4n) is 1.11. The highest BCUT2D eigenvalue weighted by Crippen LogP contribution is 2.16. The third-order valence-electron chi connectivity index (χ3n) is 2.04. The Morgan fingerprint density at radius 3 is 2.60 bits per heavy atom. The van der Waals surface area contributed by atoms with Crippen molar-refractivity contribution in [2.24, 2.45) is 0 Å². The number of aromatic nitrogens is 1. The second-order valence-electron chi connectivity index (χ2n) is 3.23. The lowest BCUT2D eigenvalue weighted by Crippen LogP contribution is -2.20. The van der Waals surface area contributed by atoms with Crippen molar-refractivity contribution in [2.45, 2.75) is 19.1 Å². The molecule has 0 aliphatic heterocycles. The van der Waals surface area contributed by atoms with Gasteiger partial charge in [0.15, 0.2) is 5.78 Å². The van der Waals surface area contributed by atoms with Gasteiger partial charge in [0.1, 0.15) is 11.8 Å².